The van der Waals surface area contributed by atoms with Crippen LogP contribution >= 0.6 is 0 Å². The normalized spacial score (nSPS) is 11.5. The highest BCUT2D eigenvalue weighted by atomic mass is 16.1. The second-order valence-corrected chi connectivity index (χ2v) is 14.7. The first-order valence-electron chi connectivity index (χ1n) is 19.8. The van der Waals surface area contributed by atoms with Crippen LogP contribution in [0.4, 0.5) is 0 Å². The number of hydrogen-bond donors (Lipinski definition) is 0. The van der Waals surface area contributed by atoms with Crippen LogP contribution in [0.3, 0.4) is 0 Å². The molecule has 3 heterocycles. The predicted molar refractivity (Wildman–Crippen MR) is 239 cm³/mol. The molecule has 0 amide bonds. The number of nitrogens with zero attached hydrogens (tertiary/aromatic N) is 5. The van der Waals surface area contributed by atoms with Crippen molar-refractivity contribution < 1.29 is 9.59 Å². The quantitative estimate of drug-likeness (QED) is 0.144. The van der Waals surface area contributed by atoms with Crippen molar-refractivity contribution in [2.45, 2.75) is 0 Å². The standard InChI is InChI=1S/C53H33N5O2/c59-49(34-14-4-1-5-15-34)36-24-28-38(29-25-36)51-54-52(39-30-26-37(27-31-39)50(60)35-16-6-2-7-17-35)56-53(55-51)58-46-23-13-11-21-42(46)44-33-32-43-41-20-10-12-22-45(41)57(47(43)48(44)58)40-18-8-3-9-19-40/h1-33H. The zero-order chi connectivity index (χ0) is 40.2. The van der Waals surface area contributed by atoms with E-state index in [4.69, 9.17) is 15.0 Å². The number of para-hydroxylation sites is 3. The lowest BCUT2D eigenvalue weighted by Gasteiger charge is -2.13. The van der Waals surface area contributed by atoms with Gasteiger partial charge >= 0.3 is 0 Å². The Kier molecular flexibility index (Phi) is 8.30. The van der Waals surface area contributed by atoms with Crippen LogP contribution < -0.4 is 0 Å². The molecule has 282 valence electrons. The van der Waals surface area contributed by atoms with Crippen molar-refractivity contribution in [3.63, 3.8) is 0 Å². The van der Waals surface area contributed by atoms with E-state index in [1.807, 2.05) is 121 Å². The number of ketones is 2. The minimum absolute atomic E-state index is 0.0626. The summed E-state index contributed by atoms with van der Waals surface area (Å²) in [5.41, 5.74) is 8.90. The number of benzene rings is 8. The Morgan fingerprint density at radius 2 is 0.717 bits per heavy atom. The first-order chi connectivity index (χ1) is 29.6. The van der Waals surface area contributed by atoms with Gasteiger partial charge in [0, 0.05) is 60.6 Å². The molecule has 0 bridgehead atoms. The topological polar surface area (TPSA) is 82.7 Å². The second kappa shape index (κ2) is 14.3. The molecule has 0 saturated carbocycles. The van der Waals surface area contributed by atoms with Crippen LogP contribution in [-0.4, -0.2) is 35.7 Å². The molecule has 0 N–H and O–H groups in total. The molecule has 0 aliphatic rings. The van der Waals surface area contributed by atoms with Gasteiger partial charge in [-0.2, -0.15) is 9.97 Å². The number of fused-ring (bicyclic) bond motifs is 7. The molecule has 60 heavy (non-hydrogen) atoms. The first kappa shape index (κ1) is 34.9. The van der Waals surface area contributed by atoms with Crippen LogP contribution in [0.5, 0.6) is 0 Å². The number of aromatic nitrogens is 5. The van der Waals surface area contributed by atoms with E-state index in [1.165, 1.54) is 0 Å². The molecule has 0 radical (unpaired) electrons. The SMILES string of the molecule is O=C(c1ccccc1)c1ccc(-c2nc(-c3ccc(C(=O)c4ccccc4)cc3)nc(-n3c4ccccc4c4ccc5c6ccccc6n(-c6ccccc6)c5c43)n2)cc1. The van der Waals surface area contributed by atoms with Crippen molar-refractivity contribution in [3.05, 3.63) is 222 Å². The molecular weight excluding hydrogens is 739 g/mol. The van der Waals surface area contributed by atoms with Gasteiger partial charge < -0.3 is 4.57 Å². The van der Waals surface area contributed by atoms with E-state index in [2.05, 4.69) is 88.0 Å². The Balaban J connectivity index is 1.16. The lowest BCUT2D eigenvalue weighted by atomic mass is 10.0. The van der Waals surface area contributed by atoms with E-state index < -0.39 is 0 Å². The molecule has 0 fully saturated rings. The molecular formula is C53H33N5O2. The van der Waals surface area contributed by atoms with Crippen LogP contribution in [0.1, 0.15) is 31.8 Å². The van der Waals surface area contributed by atoms with E-state index in [0.717, 1.165) is 60.4 Å². The Hall–Kier alpha value is -8.29. The third-order valence-electron chi connectivity index (χ3n) is 11.2. The molecule has 0 unspecified atom stereocenters. The van der Waals surface area contributed by atoms with Gasteiger partial charge in [-0.25, -0.2) is 4.98 Å². The highest BCUT2D eigenvalue weighted by molar-refractivity contribution is 6.23. The minimum atomic E-state index is -0.0626. The summed E-state index contributed by atoms with van der Waals surface area (Å²) in [7, 11) is 0. The summed E-state index contributed by atoms with van der Waals surface area (Å²) in [4.78, 5) is 42.3. The van der Waals surface area contributed by atoms with Crippen molar-refractivity contribution in [3.8, 4) is 34.4 Å². The Morgan fingerprint density at radius 1 is 0.333 bits per heavy atom. The summed E-state index contributed by atoms with van der Waals surface area (Å²) in [5.74, 6) is 1.20. The molecule has 11 rings (SSSR count). The van der Waals surface area contributed by atoms with E-state index in [-0.39, 0.29) is 11.6 Å². The average Bonchev–Trinajstić information content (AvgIpc) is 3.85. The van der Waals surface area contributed by atoms with Crippen molar-refractivity contribution in [2.75, 3.05) is 0 Å². The smallest absolute Gasteiger partial charge is 0.238 e. The van der Waals surface area contributed by atoms with Gasteiger partial charge in [-0.05, 0) is 24.3 Å². The number of carbonyl (C=O) groups excluding carboxylic acids is 2. The number of hydrogen-bond acceptors (Lipinski definition) is 5. The predicted octanol–water partition coefficient (Wildman–Crippen LogP) is 11.9. The van der Waals surface area contributed by atoms with Crippen molar-refractivity contribution >= 4 is 55.2 Å². The van der Waals surface area contributed by atoms with Crippen LogP contribution in [-0.2, 0) is 0 Å². The summed E-state index contributed by atoms with van der Waals surface area (Å²) in [6, 6.07) is 65.0. The van der Waals surface area contributed by atoms with Gasteiger partial charge in [-0.1, -0.05) is 176 Å². The molecule has 0 saturated heterocycles. The van der Waals surface area contributed by atoms with Gasteiger partial charge in [0.05, 0.1) is 22.1 Å². The third kappa shape index (κ3) is 5.79. The maximum absolute atomic E-state index is 13.4. The highest BCUT2D eigenvalue weighted by Gasteiger charge is 2.24. The van der Waals surface area contributed by atoms with E-state index in [1.54, 1.807) is 0 Å². The second-order valence-electron chi connectivity index (χ2n) is 14.7. The molecule has 0 atom stereocenters. The summed E-state index contributed by atoms with van der Waals surface area (Å²) in [5, 5.41) is 4.38. The number of rotatable bonds is 8. The molecule has 0 aliphatic heterocycles. The maximum Gasteiger partial charge on any atom is 0.238 e. The van der Waals surface area contributed by atoms with E-state index in [0.29, 0.717) is 39.9 Å². The van der Waals surface area contributed by atoms with Gasteiger partial charge in [0.1, 0.15) is 0 Å². The Bertz CT molecular complexity index is 3320. The summed E-state index contributed by atoms with van der Waals surface area (Å²) in [6.45, 7) is 0. The van der Waals surface area contributed by atoms with Crippen molar-refractivity contribution in [2.24, 2.45) is 0 Å². The molecule has 0 aliphatic carbocycles. The Labute approximate surface area is 344 Å². The first-order valence-corrected chi connectivity index (χ1v) is 19.8. The molecule has 7 heteroatoms. The average molecular weight is 772 g/mol. The lowest BCUT2D eigenvalue weighted by molar-refractivity contribution is 0.103. The fraction of sp³-hybridized carbons (Fsp3) is 0. The summed E-state index contributed by atoms with van der Waals surface area (Å²) in [6.07, 6.45) is 0. The monoisotopic (exact) mass is 771 g/mol. The minimum Gasteiger partial charge on any atom is -0.307 e. The van der Waals surface area contributed by atoms with Gasteiger partial charge in [0.15, 0.2) is 23.2 Å². The van der Waals surface area contributed by atoms with Crippen LogP contribution in [0.15, 0.2) is 200 Å². The van der Waals surface area contributed by atoms with E-state index in [9.17, 15) is 9.59 Å². The summed E-state index contributed by atoms with van der Waals surface area (Å²) >= 11 is 0. The van der Waals surface area contributed by atoms with Gasteiger partial charge in [-0.15, -0.1) is 0 Å². The zero-order valence-corrected chi connectivity index (χ0v) is 32.1. The van der Waals surface area contributed by atoms with Gasteiger partial charge in [-0.3, -0.25) is 14.2 Å². The van der Waals surface area contributed by atoms with Gasteiger partial charge in [0.2, 0.25) is 5.95 Å². The molecule has 11 aromatic rings. The summed E-state index contributed by atoms with van der Waals surface area (Å²) < 4.78 is 4.48. The van der Waals surface area contributed by atoms with E-state index >= 15 is 0 Å². The lowest BCUT2D eigenvalue weighted by Crippen LogP contribution is -2.08. The fourth-order valence-electron chi connectivity index (χ4n) is 8.33. The van der Waals surface area contributed by atoms with Crippen LogP contribution in [0.2, 0.25) is 0 Å². The molecule has 3 aromatic heterocycles. The zero-order valence-electron chi connectivity index (χ0n) is 32.1. The maximum atomic E-state index is 13.4. The van der Waals surface area contributed by atoms with Crippen LogP contribution in [0.25, 0.3) is 78.0 Å². The fourth-order valence-corrected chi connectivity index (χ4v) is 8.33. The number of carbonyl (C=O) groups is 2. The molecule has 7 nitrogen and oxygen atoms in total. The third-order valence-corrected chi connectivity index (χ3v) is 11.2. The van der Waals surface area contributed by atoms with Crippen molar-refractivity contribution in [1.82, 2.24) is 24.1 Å². The van der Waals surface area contributed by atoms with Crippen molar-refractivity contribution in [1.29, 1.82) is 0 Å². The largest absolute Gasteiger partial charge is 0.307 e. The Morgan fingerprint density at radius 3 is 1.20 bits per heavy atom. The highest BCUT2D eigenvalue weighted by Crippen LogP contribution is 2.41. The van der Waals surface area contributed by atoms with Gasteiger partial charge in [0.25, 0.3) is 0 Å². The molecule has 0 spiro atoms. The van der Waals surface area contributed by atoms with Crippen LogP contribution in [0, 0.1) is 0 Å². The molecule has 8 aromatic carbocycles.